The first-order valence-corrected chi connectivity index (χ1v) is 8.58. The Morgan fingerprint density at radius 1 is 1.05 bits per heavy atom. The molecule has 0 atom stereocenters. The van der Waals surface area contributed by atoms with E-state index in [1.165, 1.54) is 25.7 Å². The fraction of sp³-hybridized carbons (Fsp3) is 0.882. The van der Waals surface area contributed by atoms with Gasteiger partial charge in [0, 0.05) is 12.6 Å². The molecule has 1 aliphatic carbocycles. The molecular weight excluding hydrogens is 278 g/mol. The molecule has 1 aliphatic rings. The van der Waals surface area contributed by atoms with E-state index in [2.05, 4.69) is 15.5 Å². The van der Waals surface area contributed by atoms with E-state index in [0.29, 0.717) is 6.54 Å². The van der Waals surface area contributed by atoms with Crippen LogP contribution in [0.25, 0.3) is 0 Å². The highest BCUT2D eigenvalue weighted by Crippen LogP contribution is 2.20. The van der Waals surface area contributed by atoms with Crippen molar-refractivity contribution in [1.29, 1.82) is 0 Å². The highest BCUT2D eigenvalue weighted by molar-refractivity contribution is 6.04. The third-order valence-electron chi connectivity index (χ3n) is 4.39. The Morgan fingerprint density at radius 3 is 2.18 bits per heavy atom. The lowest BCUT2D eigenvalue weighted by molar-refractivity contribution is -0.141. The summed E-state index contributed by atoms with van der Waals surface area (Å²) < 4.78 is 0. The van der Waals surface area contributed by atoms with Crippen molar-refractivity contribution in [3.8, 4) is 0 Å². The molecular formula is C17H33N3O2. The fourth-order valence-corrected chi connectivity index (χ4v) is 2.71. The molecule has 5 heteroatoms. The lowest BCUT2D eigenvalue weighted by Crippen LogP contribution is -2.50. The number of nitrogens with zero attached hydrogens (tertiary/aromatic N) is 1. The highest BCUT2D eigenvalue weighted by atomic mass is 16.2. The number of nitrogens with one attached hydrogen (secondary N) is 2. The first-order chi connectivity index (χ1) is 10.3. The van der Waals surface area contributed by atoms with Crippen LogP contribution in [0.5, 0.6) is 0 Å². The van der Waals surface area contributed by atoms with Crippen LogP contribution in [0.3, 0.4) is 0 Å². The van der Waals surface area contributed by atoms with Crippen molar-refractivity contribution in [1.82, 2.24) is 15.5 Å². The summed E-state index contributed by atoms with van der Waals surface area (Å²) in [5.41, 5.74) is -1.01. The highest BCUT2D eigenvalue weighted by Gasteiger charge is 2.36. The Bertz CT molecular complexity index is 359. The van der Waals surface area contributed by atoms with Gasteiger partial charge in [-0.15, -0.1) is 0 Å². The first-order valence-electron chi connectivity index (χ1n) is 8.58. The molecule has 22 heavy (non-hydrogen) atoms. The van der Waals surface area contributed by atoms with Gasteiger partial charge in [-0.05, 0) is 53.8 Å². The predicted octanol–water partition coefficient (Wildman–Crippen LogP) is 1.92. The van der Waals surface area contributed by atoms with Gasteiger partial charge >= 0.3 is 0 Å². The van der Waals surface area contributed by atoms with Crippen LogP contribution in [0.15, 0.2) is 0 Å². The lowest BCUT2D eigenvalue weighted by atomic mass is 9.90. The first kappa shape index (κ1) is 18.9. The molecule has 1 saturated carbocycles. The maximum atomic E-state index is 12.4. The summed E-state index contributed by atoms with van der Waals surface area (Å²) in [6.45, 7) is 4.95. The van der Waals surface area contributed by atoms with E-state index in [1.807, 2.05) is 14.1 Å². The average Bonchev–Trinajstić information content (AvgIpc) is 2.71. The van der Waals surface area contributed by atoms with Gasteiger partial charge in [0.15, 0.2) is 0 Å². The number of amides is 2. The summed E-state index contributed by atoms with van der Waals surface area (Å²) in [6.07, 6.45) is 7.80. The molecule has 0 heterocycles. The van der Waals surface area contributed by atoms with Crippen molar-refractivity contribution in [2.45, 2.75) is 64.8 Å². The molecule has 128 valence electrons. The molecule has 2 amide bonds. The maximum absolute atomic E-state index is 12.4. The Balaban J connectivity index is 2.41. The summed E-state index contributed by atoms with van der Waals surface area (Å²) in [6, 6.07) is 0.232. The minimum atomic E-state index is -1.01. The van der Waals surface area contributed by atoms with E-state index in [4.69, 9.17) is 0 Å². The van der Waals surface area contributed by atoms with Gasteiger partial charge in [-0.2, -0.15) is 0 Å². The molecule has 0 aliphatic heterocycles. The second-order valence-corrected chi connectivity index (χ2v) is 7.20. The Labute approximate surface area is 135 Å². The summed E-state index contributed by atoms with van der Waals surface area (Å²) in [4.78, 5) is 26.8. The molecule has 0 saturated heterocycles. The predicted molar refractivity (Wildman–Crippen MR) is 89.6 cm³/mol. The molecule has 0 aromatic heterocycles. The van der Waals surface area contributed by atoms with E-state index in [-0.39, 0.29) is 17.9 Å². The quantitative estimate of drug-likeness (QED) is 0.429. The van der Waals surface area contributed by atoms with Gasteiger partial charge in [0.2, 0.25) is 11.8 Å². The smallest absolute Gasteiger partial charge is 0.235 e. The number of rotatable bonds is 7. The molecule has 0 radical (unpaired) electrons. The van der Waals surface area contributed by atoms with E-state index in [1.54, 1.807) is 13.8 Å². The molecule has 0 unspecified atom stereocenters. The second kappa shape index (κ2) is 9.13. The largest absolute Gasteiger partial charge is 0.355 e. The van der Waals surface area contributed by atoms with Gasteiger partial charge in [-0.1, -0.05) is 25.7 Å². The zero-order valence-electron chi connectivity index (χ0n) is 14.7. The number of hydrogen-bond acceptors (Lipinski definition) is 3. The standard InChI is InChI=1S/C17H33N3O2/c1-17(2,15(21)18-12-9-13-20(3)4)16(22)19-14-10-7-5-6-8-11-14/h14H,5-13H2,1-4H3,(H,18,21)(H,19,22). The summed E-state index contributed by atoms with van der Waals surface area (Å²) >= 11 is 0. The Hall–Kier alpha value is -1.10. The summed E-state index contributed by atoms with van der Waals surface area (Å²) in [5, 5.41) is 5.96. The van der Waals surface area contributed by atoms with Gasteiger partial charge in [0.1, 0.15) is 5.41 Å². The molecule has 1 rings (SSSR count). The van der Waals surface area contributed by atoms with Crippen molar-refractivity contribution >= 4 is 11.8 Å². The molecule has 5 nitrogen and oxygen atoms in total. The van der Waals surface area contributed by atoms with Crippen molar-refractivity contribution in [2.24, 2.45) is 5.41 Å². The fourth-order valence-electron chi connectivity index (χ4n) is 2.71. The van der Waals surface area contributed by atoms with Gasteiger partial charge in [-0.25, -0.2) is 0 Å². The molecule has 0 aromatic rings. The van der Waals surface area contributed by atoms with Crippen LogP contribution in [0.2, 0.25) is 0 Å². The minimum absolute atomic E-state index is 0.149. The normalized spacial score (nSPS) is 17.1. The molecule has 0 aromatic carbocycles. The van der Waals surface area contributed by atoms with Crippen molar-refractivity contribution in [3.63, 3.8) is 0 Å². The topological polar surface area (TPSA) is 61.4 Å². The SMILES string of the molecule is CN(C)CCCNC(=O)C(C)(C)C(=O)NC1CCCCCC1. The summed E-state index contributed by atoms with van der Waals surface area (Å²) in [5.74, 6) is -0.332. The second-order valence-electron chi connectivity index (χ2n) is 7.20. The molecule has 1 fully saturated rings. The maximum Gasteiger partial charge on any atom is 0.235 e. The van der Waals surface area contributed by atoms with Crippen molar-refractivity contribution in [2.75, 3.05) is 27.2 Å². The van der Waals surface area contributed by atoms with Crippen LogP contribution in [0.4, 0.5) is 0 Å². The lowest BCUT2D eigenvalue weighted by Gasteiger charge is -2.26. The van der Waals surface area contributed by atoms with Gasteiger partial charge in [-0.3, -0.25) is 9.59 Å². The Kier molecular flexibility index (Phi) is 7.87. The third-order valence-corrected chi connectivity index (χ3v) is 4.39. The third kappa shape index (κ3) is 6.34. The van der Waals surface area contributed by atoms with Gasteiger partial charge in [0.05, 0.1) is 0 Å². The zero-order valence-corrected chi connectivity index (χ0v) is 14.7. The number of hydrogen-bond donors (Lipinski definition) is 2. The monoisotopic (exact) mass is 311 g/mol. The van der Waals surface area contributed by atoms with Crippen LogP contribution in [0.1, 0.15) is 58.8 Å². The average molecular weight is 311 g/mol. The van der Waals surface area contributed by atoms with Crippen LogP contribution >= 0.6 is 0 Å². The minimum Gasteiger partial charge on any atom is -0.355 e. The van der Waals surface area contributed by atoms with Crippen molar-refractivity contribution in [3.05, 3.63) is 0 Å². The van der Waals surface area contributed by atoms with E-state index in [0.717, 1.165) is 25.8 Å². The zero-order chi connectivity index (χ0) is 16.6. The van der Waals surface area contributed by atoms with Crippen molar-refractivity contribution < 1.29 is 9.59 Å². The summed E-state index contributed by atoms with van der Waals surface area (Å²) in [7, 11) is 4.01. The van der Waals surface area contributed by atoms with Crippen LogP contribution < -0.4 is 10.6 Å². The van der Waals surface area contributed by atoms with Crippen LogP contribution in [-0.2, 0) is 9.59 Å². The molecule has 2 N–H and O–H groups in total. The van der Waals surface area contributed by atoms with Crippen LogP contribution in [-0.4, -0.2) is 49.9 Å². The molecule has 0 spiro atoms. The number of carbonyl (C=O) groups excluding carboxylic acids is 2. The van der Waals surface area contributed by atoms with E-state index < -0.39 is 5.41 Å². The number of carbonyl (C=O) groups is 2. The van der Waals surface area contributed by atoms with Gasteiger partial charge in [0.25, 0.3) is 0 Å². The van der Waals surface area contributed by atoms with E-state index in [9.17, 15) is 9.59 Å². The van der Waals surface area contributed by atoms with E-state index >= 15 is 0 Å². The van der Waals surface area contributed by atoms with Crippen LogP contribution in [0, 0.1) is 5.41 Å². The Morgan fingerprint density at radius 2 is 1.64 bits per heavy atom. The van der Waals surface area contributed by atoms with Gasteiger partial charge < -0.3 is 15.5 Å². The molecule has 0 bridgehead atoms.